The van der Waals surface area contributed by atoms with Gasteiger partial charge in [0.25, 0.3) is 5.91 Å². The highest BCUT2D eigenvalue weighted by Gasteiger charge is 2.25. The smallest absolute Gasteiger partial charge is 0.257 e. The molecule has 0 bridgehead atoms. The third kappa shape index (κ3) is 3.31. The maximum absolute atomic E-state index is 12.6. The molecule has 0 atom stereocenters. The highest BCUT2D eigenvalue weighted by Crippen LogP contribution is 2.34. The van der Waals surface area contributed by atoms with Gasteiger partial charge >= 0.3 is 0 Å². The average Bonchev–Trinajstić information content (AvgIpc) is 2.38. The number of piperidine rings is 1. The second-order valence-corrected chi connectivity index (χ2v) is 6.71. The molecule has 104 valence electrons. The summed E-state index contributed by atoms with van der Waals surface area (Å²) in [6, 6.07) is 3.71. The molecule has 1 fully saturated rings. The van der Waals surface area contributed by atoms with Crippen molar-refractivity contribution in [1.29, 1.82) is 0 Å². The predicted octanol–water partition coefficient (Wildman–Crippen LogP) is 4.09. The van der Waals surface area contributed by atoms with Gasteiger partial charge in [-0.05, 0) is 46.8 Å². The van der Waals surface area contributed by atoms with Crippen molar-refractivity contribution in [3.63, 3.8) is 0 Å². The minimum absolute atomic E-state index is 0.0470. The highest BCUT2D eigenvalue weighted by atomic mass is 79.9. The van der Waals surface area contributed by atoms with Crippen molar-refractivity contribution in [2.45, 2.75) is 19.8 Å². The van der Waals surface area contributed by atoms with E-state index in [-0.39, 0.29) is 5.91 Å². The summed E-state index contributed by atoms with van der Waals surface area (Å²) in [6.07, 6.45) is 2.15. The quantitative estimate of drug-likeness (QED) is 0.760. The first-order valence-electron chi connectivity index (χ1n) is 6.35. The fraction of sp³-hybridized carbons (Fsp3) is 0.500. The average molecular weight is 391 g/mol. The molecule has 1 aromatic carbocycles. The lowest BCUT2D eigenvalue weighted by atomic mass is 9.98. The number of carbonyl (C=O) groups excluding carboxylic acids is 1. The minimum atomic E-state index is 0.0470. The fourth-order valence-electron chi connectivity index (χ4n) is 2.31. The molecule has 0 saturated carbocycles. The zero-order valence-corrected chi connectivity index (χ0v) is 14.3. The van der Waals surface area contributed by atoms with Crippen LogP contribution in [0.2, 0.25) is 0 Å². The second kappa shape index (κ2) is 6.27. The van der Waals surface area contributed by atoms with E-state index in [1.165, 1.54) is 0 Å². The number of amides is 1. The maximum Gasteiger partial charge on any atom is 0.257 e. The van der Waals surface area contributed by atoms with Crippen LogP contribution in [-0.2, 0) is 0 Å². The monoisotopic (exact) mass is 389 g/mol. The minimum Gasteiger partial charge on any atom is -0.495 e. The first-order valence-corrected chi connectivity index (χ1v) is 7.94. The number of rotatable bonds is 2. The van der Waals surface area contributed by atoms with Crippen LogP contribution in [-0.4, -0.2) is 31.0 Å². The Morgan fingerprint density at radius 3 is 2.53 bits per heavy atom. The molecule has 3 nitrogen and oxygen atoms in total. The Balaban J connectivity index is 2.28. The summed E-state index contributed by atoms with van der Waals surface area (Å²) in [4.78, 5) is 14.5. The Morgan fingerprint density at radius 2 is 1.95 bits per heavy atom. The van der Waals surface area contributed by atoms with Crippen LogP contribution in [0, 0.1) is 5.92 Å². The molecule has 19 heavy (non-hydrogen) atoms. The van der Waals surface area contributed by atoms with Crippen molar-refractivity contribution < 1.29 is 9.53 Å². The number of carbonyl (C=O) groups is 1. The number of methoxy groups -OCH3 is 1. The van der Waals surface area contributed by atoms with Crippen molar-refractivity contribution in [2.75, 3.05) is 20.2 Å². The van der Waals surface area contributed by atoms with E-state index < -0.39 is 0 Å². The van der Waals surface area contributed by atoms with Crippen LogP contribution in [0.1, 0.15) is 30.1 Å². The summed E-state index contributed by atoms with van der Waals surface area (Å²) < 4.78 is 7.01. The van der Waals surface area contributed by atoms with Gasteiger partial charge < -0.3 is 9.64 Å². The van der Waals surface area contributed by atoms with Gasteiger partial charge in [-0.15, -0.1) is 0 Å². The standard InChI is InChI=1S/C14H17Br2NO2/c1-9-3-5-17(6-4-9)14(18)11-7-10(15)8-12(16)13(11)19-2/h7-9H,3-6H2,1-2H3. The molecule has 0 N–H and O–H groups in total. The molecule has 5 heteroatoms. The summed E-state index contributed by atoms with van der Waals surface area (Å²) in [5, 5.41) is 0. The number of halogens is 2. The van der Waals surface area contributed by atoms with Crippen molar-refractivity contribution >= 4 is 37.8 Å². The number of hydrogen-bond donors (Lipinski definition) is 0. The number of nitrogens with zero attached hydrogens (tertiary/aromatic N) is 1. The van der Waals surface area contributed by atoms with E-state index >= 15 is 0 Å². The molecule has 0 unspecified atom stereocenters. The van der Waals surface area contributed by atoms with E-state index in [1.54, 1.807) is 7.11 Å². The predicted molar refractivity (Wildman–Crippen MR) is 82.7 cm³/mol. The molecule has 1 saturated heterocycles. The molecule has 1 aromatic rings. The second-order valence-electron chi connectivity index (χ2n) is 4.94. The first-order chi connectivity index (χ1) is 9.02. The molecule has 0 spiro atoms. The Morgan fingerprint density at radius 1 is 1.32 bits per heavy atom. The zero-order chi connectivity index (χ0) is 14.0. The van der Waals surface area contributed by atoms with E-state index in [4.69, 9.17) is 4.74 Å². The molecule has 0 aliphatic carbocycles. The lowest BCUT2D eigenvalue weighted by molar-refractivity contribution is 0.0693. The molecule has 1 aliphatic heterocycles. The molecule has 0 radical (unpaired) electrons. The number of hydrogen-bond acceptors (Lipinski definition) is 2. The van der Waals surface area contributed by atoms with Crippen LogP contribution in [0.5, 0.6) is 5.75 Å². The molecular formula is C14H17Br2NO2. The molecule has 2 rings (SSSR count). The van der Waals surface area contributed by atoms with Gasteiger partial charge in [0.1, 0.15) is 5.75 Å². The number of ether oxygens (including phenoxy) is 1. The maximum atomic E-state index is 12.6. The van der Waals surface area contributed by atoms with Gasteiger partial charge in [0.2, 0.25) is 0 Å². The Hall–Kier alpha value is -0.550. The third-order valence-corrected chi connectivity index (χ3v) is 4.56. The molecule has 1 heterocycles. The Labute approximate surface area is 130 Å². The topological polar surface area (TPSA) is 29.5 Å². The molecule has 0 aromatic heterocycles. The van der Waals surface area contributed by atoms with Crippen LogP contribution in [0.4, 0.5) is 0 Å². The van der Waals surface area contributed by atoms with Gasteiger partial charge in [-0.3, -0.25) is 4.79 Å². The lowest BCUT2D eigenvalue weighted by Crippen LogP contribution is -2.38. The van der Waals surface area contributed by atoms with E-state index in [2.05, 4.69) is 38.8 Å². The van der Waals surface area contributed by atoms with Crippen molar-refractivity contribution in [1.82, 2.24) is 4.90 Å². The van der Waals surface area contributed by atoms with E-state index in [1.807, 2.05) is 17.0 Å². The van der Waals surface area contributed by atoms with Gasteiger partial charge in [0.05, 0.1) is 17.1 Å². The zero-order valence-electron chi connectivity index (χ0n) is 11.1. The van der Waals surface area contributed by atoms with Crippen LogP contribution < -0.4 is 4.74 Å². The molecule has 1 amide bonds. The van der Waals surface area contributed by atoms with Gasteiger partial charge in [-0.1, -0.05) is 22.9 Å². The summed E-state index contributed by atoms with van der Waals surface area (Å²) in [6.45, 7) is 3.89. The molecule has 1 aliphatic rings. The van der Waals surface area contributed by atoms with Crippen LogP contribution >= 0.6 is 31.9 Å². The van der Waals surface area contributed by atoms with E-state index in [0.29, 0.717) is 17.2 Å². The number of benzene rings is 1. The Bertz CT molecular complexity index is 483. The highest BCUT2D eigenvalue weighted by molar-refractivity contribution is 9.11. The van der Waals surface area contributed by atoms with Crippen LogP contribution in [0.3, 0.4) is 0 Å². The lowest BCUT2D eigenvalue weighted by Gasteiger charge is -2.30. The first kappa shape index (κ1) is 14.9. The third-order valence-electron chi connectivity index (χ3n) is 3.51. The van der Waals surface area contributed by atoms with Crippen molar-refractivity contribution in [2.24, 2.45) is 5.92 Å². The molecular weight excluding hydrogens is 374 g/mol. The number of likely N-dealkylation sites (tertiary alicyclic amines) is 1. The van der Waals surface area contributed by atoms with Crippen molar-refractivity contribution in [3.8, 4) is 5.75 Å². The van der Waals surface area contributed by atoms with Crippen molar-refractivity contribution in [3.05, 3.63) is 26.6 Å². The fourth-order valence-corrected chi connectivity index (χ4v) is 3.70. The van der Waals surface area contributed by atoms with Gasteiger partial charge in [0, 0.05) is 17.6 Å². The SMILES string of the molecule is COc1c(Br)cc(Br)cc1C(=O)N1CCC(C)CC1. The van der Waals surface area contributed by atoms with E-state index in [0.717, 1.165) is 34.9 Å². The largest absolute Gasteiger partial charge is 0.495 e. The summed E-state index contributed by atoms with van der Waals surface area (Å²) >= 11 is 6.86. The van der Waals surface area contributed by atoms with Gasteiger partial charge in [0.15, 0.2) is 0 Å². The summed E-state index contributed by atoms with van der Waals surface area (Å²) in [5.41, 5.74) is 0.610. The normalized spacial score (nSPS) is 16.5. The summed E-state index contributed by atoms with van der Waals surface area (Å²) in [7, 11) is 1.59. The Kier molecular flexibility index (Phi) is 4.90. The van der Waals surface area contributed by atoms with Crippen LogP contribution in [0.15, 0.2) is 21.1 Å². The van der Waals surface area contributed by atoms with Gasteiger partial charge in [-0.2, -0.15) is 0 Å². The van der Waals surface area contributed by atoms with E-state index in [9.17, 15) is 4.79 Å². The summed E-state index contributed by atoms with van der Waals surface area (Å²) in [5.74, 6) is 1.36. The van der Waals surface area contributed by atoms with Gasteiger partial charge in [-0.25, -0.2) is 0 Å². The van der Waals surface area contributed by atoms with Crippen LogP contribution in [0.25, 0.3) is 0 Å².